The number of allylic oxidation sites excluding steroid dienone is 2. The second kappa shape index (κ2) is 14.4. The Morgan fingerprint density at radius 1 is 1.11 bits per heavy atom. The van der Waals surface area contributed by atoms with Crippen LogP contribution in [0.3, 0.4) is 0 Å². The van der Waals surface area contributed by atoms with E-state index in [1.807, 2.05) is 13.8 Å². The second-order valence-electron chi connectivity index (χ2n) is 10.5. The monoisotopic (exact) mass is 621 g/mol. The third-order valence-electron chi connectivity index (χ3n) is 7.07. The summed E-state index contributed by atoms with van der Waals surface area (Å²) >= 11 is 0. The topological polar surface area (TPSA) is 163 Å². The fourth-order valence-corrected chi connectivity index (χ4v) is 4.63. The van der Waals surface area contributed by atoms with E-state index in [0.717, 1.165) is 24.8 Å². The molecule has 0 saturated carbocycles. The highest BCUT2D eigenvalue weighted by atomic mass is 19.4. The maximum Gasteiger partial charge on any atom is 0.431 e. The van der Waals surface area contributed by atoms with Crippen LogP contribution in [0.15, 0.2) is 71.1 Å². The summed E-state index contributed by atoms with van der Waals surface area (Å²) < 4.78 is 57.8. The number of benzene rings is 2. The fourth-order valence-electron chi connectivity index (χ4n) is 4.63. The first-order valence-corrected chi connectivity index (χ1v) is 13.6. The van der Waals surface area contributed by atoms with Crippen molar-refractivity contribution in [3.63, 3.8) is 0 Å². The first kappa shape index (κ1) is 34.1. The predicted molar refractivity (Wildman–Crippen MR) is 152 cm³/mol. The van der Waals surface area contributed by atoms with Crippen molar-refractivity contribution >= 4 is 17.6 Å². The smallest absolute Gasteiger partial charge is 0.431 e. The zero-order valence-electron chi connectivity index (χ0n) is 24.5. The van der Waals surface area contributed by atoms with Crippen molar-refractivity contribution in [1.29, 1.82) is 0 Å². The van der Waals surface area contributed by atoms with Gasteiger partial charge in [-0.15, -0.1) is 0 Å². The van der Waals surface area contributed by atoms with Crippen LogP contribution >= 0.6 is 0 Å². The molecule has 1 heterocycles. The molecule has 0 saturated heterocycles. The average molecular weight is 622 g/mol. The molecule has 3 rings (SSSR count). The van der Waals surface area contributed by atoms with Gasteiger partial charge in [-0.05, 0) is 36.1 Å². The second-order valence-corrected chi connectivity index (χ2v) is 10.5. The molecule has 238 valence electrons. The van der Waals surface area contributed by atoms with Gasteiger partial charge in [-0.3, -0.25) is 10.1 Å². The number of aliphatic hydroxyl groups excluding tert-OH is 1. The molecule has 0 radical (unpaired) electrons. The number of aliphatic hydroxyl groups is 1. The Balaban J connectivity index is 1.82. The minimum Gasteiger partial charge on any atom is -0.491 e. The van der Waals surface area contributed by atoms with Gasteiger partial charge >= 0.3 is 18.1 Å². The standard InChI is InChI=1S/C30H34F3N3O8/c1-16(2)26(34)22(37)15-44-21-10-8-18(9-11-21)12-13-43-29(39)23-17(3)35-27(30(31,32)33)25(28(38)42-4)24(23)19-6-5-7-20(14-19)36(40)41/h5-11,14,16,22,24,26,35,37H,12-13,15,34H2,1-4H3. The van der Waals surface area contributed by atoms with Gasteiger partial charge < -0.3 is 30.4 Å². The minimum absolute atomic E-state index is 0.00258. The number of alkyl halides is 3. The summed E-state index contributed by atoms with van der Waals surface area (Å²) in [7, 11) is 0.885. The van der Waals surface area contributed by atoms with Crippen molar-refractivity contribution in [3.8, 4) is 5.75 Å². The van der Waals surface area contributed by atoms with Crippen molar-refractivity contribution in [2.24, 2.45) is 11.7 Å². The van der Waals surface area contributed by atoms with Gasteiger partial charge in [-0.1, -0.05) is 38.1 Å². The third kappa shape index (κ3) is 8.14. The highest BCUT2D eigenvalue weighted by Crippen LogP contribution is 2.44. The quantitative estimate of drug-likeness (QED) is 0.179. The van der Waals surface area contributed by atoms with E-state index in [1.54, 1.807) is 24.3 Å². The van der Waals surface area contributed by atoms with E-state index in [1.165, 1.54) is 19.1 Å². The lowest BCUT2D eigenvalue weighted by atomic mass is 9.80. The van der Waals surface area contributed by atoms with E-state index in [-0.39, 0.29) is 42.4 Å². The Morgan fingerprint density at radius 3 is 2.34 bits per heavy atom. The van der Waals surface area contributed by atoms with Crippen molar-refractivity contribution in [1.82, 2.24) is 5.32 Å². The van der Waals surface area contributed by atoms with E-state index < -0.39 is 58.1 Å². The van der Waals surface area contributed by atoms with Crippen LogP contribution in [0.25, 0.3) is 0 Å². The van der Waals surface area contributed by atoms with Crippen molar-refractivity contribution in [2.75, 3.05) is 20.3 Å². The zero-order valence-corrected chi connectivity index (χ0v) is 24.5. The predicted octanol–water partition coefficient (Wildman–Crippen LogP) is 4.05. The number of rotatable bonds is 12. The molecule has 0 amide bonds. The van der Waals surface area contributed by atoms with Crippen LogP contribution < -0.4 is 15.8 Å². The molecule has 2 aromatic carbocycles. The number of nitrogens with one attached hydrogen (secondary N) is 1. The molecule has 4 N–H and O–H groups in total. The Bertz CT molecular complexity index is 1440. The van der Waals surface area contributed by atoms with E-state index in [9.17, 15) is 38.0 Å². The maximum atomic E-state index is 14.1. The molecule has 1 aliphatic rings. The molecule has 2 aromatic rings. The Labute approximate surface area is 251 Å². The number of dihydropyridines is 1. The number of hydrogen-bond donors (Lipinski definition) is 3. The lowest BCUT2D eigenvalue weighted by molar-refractivity contribution is -0.384. The Hall–Kier alpha value is -4.43. The third-order valence-corrected chi connectivity index (χ3v) is 7.07. The number of nitrogens with zero attached hydrogens (tertiary/aromatic N) is 1. The normalized spacial score (nSPS) is 16.7. The molecule has 0 fully saturated rings. The number of esters is 2. The van der Waals surface area contributed by atoms with Crippen LogP contribution in [0, 0.1) is 16.0 Å². The van der Waals surface area contributed by atoms with Crippen LogP contribution in [0.4, 0.5) is 18.9 Å². The largest absolute Gasteiger partial charge is 0.491 e. The summed E-state index contributed by atoms with van der Waals surface area (Å²) in [5, 5.41) is 23.6. The van der Waals surface area contributed by atoms with Gasteiger partial charge in [-0.25, -0.2) is 9.59 Å². The molecule has 11 nitrogen and oxygen atoms in total. The van der Waals surface area contributed by atoms with Crippen LogP contribution in [0.2, 0.25) is 0 Å². The van der Waals surface area contributed by atoms with Gasteiger partial charge in [0.05, 0.1) is 35.7 Å². The average Bonchev–Trinajstić information content (AvgIpc) is 2.98. The van der Waals surface area contributed by atoms with Crippen LogP contribution in [0.1, 0.15) is 37.8 Å². The molecular formula is C30H34F3N3O8. The van der Waals surface area contributed by atoms with Crippen molar-refractivity contribution in [2.45, 2.75) is 51.4 Å². The highest BCUT2D eigenvalue weighted by molar-refractivity contribution is 6.00. The molecule has 3 unspecified atom stereocenters. The number of hydrogen-bond acceptors (Lipinski definition) is 10. The number of carbonyl (C=O) groups is 2. The van der Waals surface area contributed by atoms with Crippen LogP contribution in [0.5, 0.6) is 5.75 Å². The summed E-state index contributed by atoms with van der Waals surface area (Å²) in [5.74, 6) is -3.52. The molecule has 0 aliphatic carbocycles. The number of methoxy groups -OCH3 is 1. The molecule has 14 heteroatoms. The number of nitrogens with two attached hydrogens (primary N) is 1. The summed E-state index contributed by atoms with van der Waals surface area (Å²) in [4.78, 5) is 36.7. The van der Waals surface area contributed by atoms with Crippen LogP contribution in [-0.2, 0) is 25.5 Å². The maximum absolute atomic E-state index is 14.1. The molecular weight excluding hydrogens is 587 g/mol. The van der Waals surface area contributed by atoms with Crippen molar-refractivity contribution < 1.29 is 47.0 Å². The summed E-state index contributed by atoms with van der Waals surface area (Å²) in [6.07, 6.45) is -5.68. The van der Waals surface area contributed by atoms with Gasteiger partial charge in [0.1, 0.15) is 24.2 Å². The lowest BCUT2D eigenvalue weighted by Crippen LogP contribution is -2.42. The molecule has 44 heavy (non-hydrogen) atoms. The summed E-state index contributed by atoms with van der Waals surface area (Å²) in [6.45, 7) is 4.82. The number of nitro groups is 1. The first-order valence-electron chi connectivity index (χ1n) is 13.6. The van der Waals surface area contributed by atoms with E-state index in [2.05, 4.69) is 10.1 Å². The Morgan fingerprint density at radius 2 is 1.77 bits per heavy atom. The first-order chi connectivity index (χ1) is 20.6. The van der Waals surface area contributed by atoms with E-state index in [0.29, 0.717) is 5.75 Å². The molecule has 3 atom stereocenters. The highest BCUT2D eigenvalue weighted by Gasteiger charge is 2.47. The number of halogens is 3. The Kier molecular flexibility index (Phi) is 11.1. The molecule has 0 aromatic heterocycles. The zero-order chi connectivity index (χ0) is 32.8. The summed E-state index contributed by atoms with van der Waals surface area (Å²) in [5.41, 5.74) is 3.14. The SMILES string of the molecule is COC(=O)C1=C(C(F)(F)F)NC(C)=C(C(=O)OCCc2ccc(OCC(O)C(N)C(C)C)cc2)C1c1cccc([N+](=O)[O-])c1. The number of nitro benzene ring substituents is 1. The van der Waals surface area contributed by atoms with Gasteiger partial charge in [-0.2, -0.15) is 13.2 Å². The van der Waals surface area contributed by atoms with E-state index >= 15 is 0 Å². The minimum atomic E-state index is -5.05. The van der Waals surface area contributed by atoms with Gasteiger partial charge in [0.15, 0.2) is 0 Å². The molecule has 0 bridgehead atoms. The summed E-state index contributed by atoms with van der Waals surface area (Å²) in [6, 6.07) is 10.9. The van der Waals surface area contributed by atoms with Crippen LogP contribution in [-0.4, -0.2) is 60.6 Å². The fraction of sp³-hybridized carbons (Fsp3) is 0.400. The van der Waals surface area contributed by atoms with E-state index in [4.69, 9.17) is 15.2 Å². The lowest BCUT2D eigenvalue weighted by Gasteiger charge is -2.31. The van der Waals surface area contributed by atoms with Gasteiger partial charge in [0.2, 0.25) is 0 Å². The van der Waals surface area contributed by atoms with Gasteiger partial charge in [0.25, 0.3) is 5.69 Å². The van der Waals surface area contributed by atoms with Crippen molar-refractivity contribution in [3.05, 3.63) is 92.3 Å². The number of ether oxygens (including phenoxy) is 3. The van der Waals surface area contributed by atoms with Gasteiger partial charge in [0, 0.05) is 30.3 Å². The number of non-ortho nitro benzene ring substituents is 1. The number of carbonyl (C=O) groups excluding carboxylic acids is 2. The molecule has 0 spiro atoms. The molecule has 1 aliphatic heterocycles.